The SMILES string of the molecule is CC/C=C/C=C/C=C/C=C/CCCCCCCC(=O)OC(COCCC(C(=O)[O-])[N+](C)(C)C)COC(=O)CCC/C=C/C/C=C/C/C=C/CC. The van der Waals surface area contributed by atoms with Crippen LogP contribution in [0, 0.1) is 0 Å². The van der Waals surface area contributed by atoms with Crippen LogP contribution in [0.3, 0.4) is 0 Å². The van der Waals surface area contributed by atoms with Crippen LogP contribution in [0.15, 0.2) is 85.1 Å². The van der Waals surface area contributed by atoms with Gasteiger partial charge in [-0.3, -0.25) is 9.59 Å². The summed E-state index contributed by atoms with van der Waals surface area (Å²) in [5, 5.41) is 11.6. The van der Waals surface area contributed by atoms with Gasteiger partial charge in [0.25, 0.3) is 0 Å². The van der Waals surface area contributed by atoms with Gasteiger partial charge in [-0.2, -0.15) is 0 Å². The lowest BCUT2D eigenvalue weighted by molar-refractivity contribution is -0.889. The Hall–Kier alpha value is -3.49. The van der Waals surface area contributed by atoms with Gasteiger partial charge in [-0.05, 0) is 57.8 Å². The second-order valence-corrected chi connectivity index (χ2v) is 13.1. The number of carbonyl (C=O) groups excluding carboxylic acids is 3. The van der Waals surface area contributed by atoms with E-state index in [1.54, 1.807) is 21.1 Å². The van der Waals surface area contributed by atoms with Gasteiger partial charge in [-0.1, -0.05) is 118 Å². The molecular formula is C42H67NO7. The van der Waals surface area contributed by atoms with Crippen molar-refractivity contribution >= 4 is 17.9 Å². The molecule has 282 valence electrons. The van der Waals surface area contributed by atoms with Crippen LogP contribution in [0.2, 0.25) is 0 Å². The molecule has 0 aliphatic carbocycles. The van der Waals surface area contributed by atoms with Gasteiger partial charge in [-0.25, -0.2) is 0 Å². The molecule has 0 radical (unpaired) electrons. The van der Waals surface area contributed by atoms with Gasteiger partial charge in [0.1, 0.15) is 12.6 Å². The Labute approximate surface area is 303 Å². The fraction of sp³-hybridized carbons (Fsp3) is 0.595. The molecule has 8 nitrogen and oxygen atoms in total. The van der Waals surface area contributed by atoms with Crippen molar-refractivity contribution in [3.05, 3.63) is 85.1 Å². The molecule has 2 atom stereocenters. The van der Waals surface area contributed by atoms with Crippen LogP contribution in [0.1, 0.15) is 110 Å². The van der Waals surface area contributed by atoms with Crippen LogP contribution < -0.4 is 5.11 Å². The van der Waals surface area contributed by atoms with Gasteiger partial charge in [0, 0.05) is 19.3 Å². The van der Waals surface area contributed by atoms with Crippen molar-refractivity contribution in [3.63, 3.8) is 0 Å². The lowest BCUT2D eigenvalue weighted by Gasteiger charge is -2.34. The quantitative estimate of drug-likeness (QED) is 0.0237. The van der Waals surface area contributed by atoms with E-state index in [4.69, 9.17) is 14.2 Å². The molecule has 0 saturated heterocycles. The number of carboxylic acid groups (broad SMARTS) is 1. The number of carboxylic acids is 1. The van der Waals surface area contributed by atoms with Crippen LogP contribution in [-0.2, 0) is 28.6 Å². The number of nitrogens with zero attached hydrogens (tertiary/aromatic N) is 1. The van der Waals surface area contributed by atoms with Crippen LogP contribution in [0.5, 0.6) is 0 Å². The highest BCUT2D eigenvalue weighted by atomic mass is 16.6. The van der Waals surface area contributed by atoms with Crippen molar-refractivity contribution < 1.29 is 38.2 Å². The van der Waals surface area contributed by atoms with Gasteiger partial charge in [0.05, 0.1) is 40.3 Å². The molecule has 0 aromatic heterocycles. The molecule has 0 rings (SSSR count). The maximum atomic E-state index is 12.6. The highest BCUT2D eigenvalue weighted by molar-refractivity contribution is 5.70. The number of carbonyl (C=O) groups is 3. The van der Waals surface area contributed by atoms with E-state index in [9.17, 15) is 19.5 Å². The lowest BCUT2D eigenvalue weighted by atomic mass is 10.1. The Morgan fingerprint density at radius 3 is 1.84 bits per heavy atom. The number of allylic oxidation sites excluding steroid dienone is 14. The van der Waals surface area contributed by atoms with Crippen LogP contribution >= 0.6 is 0 Å². The predicted molar refractivity (Wildman–Crippen MR) is 203 cm³/mol. The number of quaternary nitrogens is 1. The molecule has 0 N–H and O–H groups in total. The molecule has 8 heteroatoms. The van der Waals surface area contributed by atoms with Crippen molar-refractivity contribution in [3.8, 4) is 0 Å². The average Bonchev–Trinajstić information content (AvgIpc) is 3.06. The third-order valence-corrected chi connectivity index (χ3v) is 7.62. The summed E-state index contributed by atoms with van der Waals surface area (Å²) in [6.07, 6.45) is 40.5. The normalized spacial score (nSPS) is 14.0. The predicted octanol–water partition coefficient (Wildman–Crippen LogP) is 8.07. The van der Waals surface area contributed by atoms with Crippen LogP contribution in [-0.4, -0.2) is 75.5 Å². The van der Waals surface area contributed by atoms with E-state index in [0.717, 1.165) is 70.6 Å². The fourth-order valence-corrected chi connectivity index (χ4v) is 4.75. The molecule has 0 aromatic rings. The van der Waals surface area contributed by atoms with Crippen LogP contribution in [0.25, 0.3) is 0 Å². The standard InChI is InChI=1S/C42H67NO7/c1-6-8-10-12-14-16-18-19-20-21-23-25-27-29-31-33-41(45)50-38(36-48-35-34-39(42(46)47)43(3,4)5)37-49-40(44)32-30-28-26-24-22-17-15-13-11-9-7-2/h8-12,14-20,24,26,38-39H,6-7,13,21-23,25,27-37H2,1-5H3/b10-8+,11-9+,14-12+,17-15+,18-16+,20-19+,26-24+. The van der Waals surface area contributed by atoms with Crippen molar-refractivity contribution in [1.82, 2.24) is 0 Å². The molecule has 0 amide bonds. The Kier molecular flexibility index (Phi) is 30.4. The number of rotatable bonds is 31. The summed E-state index contributed by atoms with van der Waals surface area (Å²) >= 11 is 0. The first-order chi connectivity index (χ1) is 24.1. The van der Waals surface area contributed by atoms with Crippen molar-refractivity contribution in [2.24, 2.45) is 0 Å². The maximum absolute atomic E-state index is 12.6. The molecule has 0 saturated carbocycles. The second kappa shape index (κ2) is 32.7. The maximum Gasteiger partial charge on any atom is 0.306 e. The van der Waals surface area contributed by atoms with Crippen LogP contribution in [0.4, 0.5) is 0 Å². The second-order valence-electron chi connectivity index (χ2n) is 13.1. The zero-order chi connectivity index (χ0) is 37.1. The highest BCUT2D eigenvalue weighted by Gasteiger charge is 2.25. The monoisotopic (exact) mass is 697 g/mol. The van der Waals surface area contributed by atoms with Gasteiger partial charge < -0.3 is 28.6 Å². The molecule has 0 aliphatic heterocycles. The minimum Gasteiger partial charge on any atom is -0.544 e. The Morgan fingerprint density at radius 2 is 1.18 bits per heavy atom. The Balaban J connectivity index is 4.57. The number of aliphatic carboxylic acids is 1. The van der Waals surface area contributed by atoms with E-state index >= 15 is 0 Å². The largest absolute Gasteiger partial charge is 0.544 e. The summed E-state index contributed by atoms with van der Waals surface area (Å²) in [5.74, 6) is -1.85. The number of hydrogen-bond donors (Lipinski definition) is 0. The van der Waals surface area contributed by atoms with E-state index in [1.165, 1.54) is 0 Å². The van der Waals surface area contributed by atoms with E-state index in [2.05, 4.69) is 68.5 Å². The molecule has 50 heavy (non-hydrogen) atoms. The summed E-state index contributed by atoms with van der Waals surface area (Å²) in [6, 6.07) is -0.741. The van der Waals surface area contributed by atoms with Gasteiger partial charge in [-0.15, -0.1) is 0 Å². The molecule has 0 spiro atoms. The minimum absolute atomic E-state index is 0.00925. The number of esters is 2. The summed E-state index contributed by atoms with van der Waals surface area (Å²) in [4.78, 5) is 36.6. The first-order valence-corrected chi connectivity index (χ1v) is 18.7. The third kappa shape index (κ3) is 30.6. The Morgan fingerprint density at radius 1 is 0.620 bits per heavy atom. The van der Waals surface area contributed by atoms with Gasteiger partial charge in [0.15, 0.2) is 6.10 Å². The molecule has 0 fully saturated rings. The van der Waals surface area contributed by atoms with E-state index in [0.29, 0.717) is 6.42 Å². The summed E-state index contributed by atoms with van der Waals surface area (Å²) in [5.41, 5.74) is 0. The van der Waals surface area contributed by atoms with Crippen molar-refractivity contribution in [2.75, 3.05) is 41.0 Å². The molecule has 0 bridgehead atoms. The topological polar surface area (TPSA) is 102 Å². The molecule has 0 heterocycles. The van der Waals surface area contributed by atoms with Gasteiger partial charge in [0.2, 0.25) is 0 Å². The minimum atomic E-state index is -1.14. The van der Waals surface area contributed by atoms with E-state index in [-0.39, 0.29) is 55.5 Å². The molecule has 0 aliphatic rings. The Bertz CT molecular complexity index is 1090. The number of unbranched alkanes of at least 4 members (excludes halogenated alkanes) is 6. The zero-order valence-electron chi connectivity index (χ0n) is 31.8. The molecule has 0 aromatic carbocycles. The van der Waals surface area contributed by atoms with E-state index in [1.807, 2.05) is 30.4 Å². The zero-order valence-corrected chi connectivity index (χ0v) is 31.8. The highest BCUT2D eigenvalue weighted by Crippen LogP contribution is 2.11. The van der Waals surface area contributed by atoms with Crippen molar-refractivity contribution in [1.29, 1.82) is 0 Å². The number of ether oxygens (including phenoxy) is 3. The van der Waals surface area contributed by atoms with E-state index < -0.39 is 18.1 Å². The average molecular weight is 698 g/mol. The fourth-order valence-electron chi connectivity index (χ4n) is 4.75. The number of hydrogen-bond acceptors (Lipinski definition) is 7. The summed E-state index contributed by atoms with van der Waals surface area (Å²) in [7, 11) is 5.36. The summed E-state index contributed by atoms with van der Waals surface area (Å²) in [6.45, 7) is 4.28. The third-order valence-electron chi connectivity index (χ3n) is 7.62. The lowest BCUT2D eigenvalue weighted by Crippen LogP contribution is -2.55. The smallest absolute Gasteiger partial charge is 0.306 e. The summed E-state index contributed by atoms with van der Waals surface area (Å²) < 4.78 is 17.0. The molecular weight excluding hydrogens is 630 g/mol. The first kappa shape index (κ1) is 46.5. The van der Waals surface area contributed by atoms with Crippen molar-refractivity contribution in [2.45, 2.75) is 122 Å². The molecule has 2 unspecified atom stereocenters. The first-order valence-electron chi connectivity index (χ1n) is 18.7. The van der Waals surface area contributed by atoms with Gasteiger partial charge >= 0.3 is 11.9 Å². The number of likely N-dealkylation sites (N-methyl/N-ethyl adjacent to an activating group) is 1.